The van der Waals surface area contributed by atoms with E-state index in [0.29, 0.717) is 10.6 Å². The van der Waals surface area contributed by atoms with E-state index >= 15 is 0 Å². The van der Waals surface area contributed by atoms with Gasteiger partial charge >= 0.3 is 0 Å². The molecule has 6 heteroatoms. The maximum atomic E-state index is 12.3. The second kappa shape index (κ2) is 5.81. The van der Waals surface area contributed by atoms with Crippen molar-refractivity contribution in [3.05, 3.63) is 50.6 Å². The van der Waals surface area contributed by atoms with Gasteiger partial charge in [0.25, 0.3) is 5.91 Å². The van der Waals surface area contributed by atoms with Crippen LogP contribution in [0.15, 0.2) is 39.5 Å². The lowest BCUT2D eigenvalue weighted by atomic mass is 10.2. The van der Waals surface area contributed by atoms with Crippen LogP contribution in [0.5, 0.6) is 0 Å². The molecule has 2 rings (SSSR count). The number of amides is 1. The number of carbonyl (C=O) groups is 1. The topological polar surface area (TPSA) is 46.3 Å². The Hall–Kier alpha value is -1.24. The Morgan fingerprint density at radius 1 is 1.37 bits per heavy atom. The van der Waals surface area contributed by atoms with Crippen LogP contribution in [0.2, 0.25) is 0 Å². The summed E-state index contributed by atoms with van der Waals surface area (Å²) in [6.45, 7) is 0. The van der Waals surface area contributed by atoms with Crippen molar-refractivity contribution in [2.75, 3.05) is 11.9 Å². The fourth-order valence-electron chi connectivity index (χ4n) is 1.60. The Morgan fingerprint density at radius 2 is 2.11 bits per heavy atom. The molecule has 1 aromatic carbocycles. The molecule has 0 saturated heterocycles. The van der Waals surface area contributed by atoms with Crippen molar-refractivity contribution in [2.24, 2.45) is 5.73 Å². The normalized spacial score (nSPS) is 10.2. The summed E-state index contributed by atoms with van der Waals surface area (Å²) in [5, 5.41) is 1.82. The second-order valence-corrected chi connectivity index (χ2v) is 6.65. The van der Waals surface area contributed by atoms with Crippen molar-refractivity contribution in [1.82, 2.24) is 0 Å². The fraction of sp³-hybridized carbons (Fsp3) is 0.0769. The average Bonchev–Trinajstić information content (AvgIpc) is 2.84. The van der Waals surface area contributed by atoms with Crippen molar-refractivity contribution < 1.29 is 4.79 Å². The Balaban J connectivity index is 2.28. The number of nitrogens with zero attached hydrogens (tertiary/aromatic N) is 1. The molecule has 0 fully saturated rings. The molecule has 0 atom stereocenters. The quantitative estimate of drug-likeness (QED) is 0.859. The molecule has 0 saturated carbocycles. The summed E-state index contributed by atoms with van der Waals surface area (Å²) in [6, 6.07) is 9.12. The summed E-state index contributed by atoms with van der Waals surface area (Å²) in [4.78, 5) is 14.2. The standard InChI is InChI=1S/C13H11BrN2OS2/c1-16(13(17)9-6-11(14)19-7-9)10-4-2-3-8(5-10)12(15)18/h2-7H,1H3,(H2,15,18). The molecule has 0 radical (unpaired) electrons. The van der Waals surface area contributed by atoms with Crippen LogP contribution in [0, 0.1) is 0 Å². The first-order chi connectivity index (χ1) is 8.99. The van der Waals surface area contributed by atoms with Crippen molar-refractivity contribution in [3.8, 4) is 0 Å². The van der Waals surface area contributed by atoms with Crippen LogP contribution in [0.25, 0.3) is 0 Å². The number of hydrogen-bond acceptors (Lipinski definition) is 3. The summed E-state index contributed by atoms with van der Waals surface area (Å²) >= 11 is 9.77. The van der Waals surface area contributed by atoms with Gasteiger partial charge in [-0.2, -0.15) is 0 Å². The molecule has 0 spiro atoms. The third-order valence-corrected chi connectivity index (χ3v) is 4.38. The van der Waals surface area contributed by atoms with Crippen molar-refractivity contribution in [2.45, 2.75) is 0 Å². The van der Waals surface area contributed by atoms with Crippen LogP contribution in [-0.4, -0.2) is 17.9 Å². The van der Waals surface area contributed by atoms with E-state index in [2.05, 4.69) is 15.9 Å². The highest BCUT2D eigenvalue weighted by molar-refractivity contribution is 9.11. The predicted octanol–water partition coefficient (Wildman–Crippen LogP) is 3.42. The highest BCUT2D eigenvalue weighted by Gasteiger charge is 2.15. The van der Waals surface area contributed by atoms with Crippen LogP contribution in [-0.2, 0) is 0 Å². The number of anilines is 1. The number of hydrogen-bond donors (Lipinski definition) is 1. The van der Waals surface area contributed by atoms with Crippen molar-refractivity contribution >= 4 is 56.1 Å². The van der Waals surface area contributed by atoms with Crippen molar-refractivity contribution in [3.63, 3.8) is 0 Å². The number of thiophene rings is 1. The Labute approximate surface area is 129 Å². The molecule has 1 amide bonds. The SMILES string of the molecule is CN(C(=O)c1csc(Br)c1)c1cccc(C(N)=S)c1. The highest BCUT2D eigenvalue weighted by Crippen LogP contribution is 2.23. The summed E-state index contributed by atoms with van der Waals surface area (Å²) < 4.78 is 0.932. The second-order valence-electron chi connectivity index (χ2n) is 3.92. The average molecular weight is 355 g/mol. The number of benzene rings is 1. The number of halogens is 1. The van der Waals surface area contributed by atoms with Crippen LogP contribution in [0.3, 0.4) is 0 Å². The van der Waals surface area contributed by atoms with Gasteiger partial charge in [0, 0.05) is 23.7 Å². The highest BCUT2D eigenvalue weighted by atomic mass is 79.9. The minimum Gasteiger partial charge on any atom is -0.389 e. The molecular formula is C13H11BrN2OS2. The van der Waals surface area contributed by atoms with E-state index in [1.807, 2.05) is 29.6 Å². The molecule has 19 heavy (non-hydrogen) atoms. The molecule has 0 aliphatic rings. The van der Waals surface area contributed by atoms with Gasteiger partial charge in [-0.25, -0.2) is 0 Å². The summed E-state index contributed by atoms with van der Waals surface area (Å²) in [5.41, 5.74) is 7.76. The van der Waals surface area contributed by atoms with E-state index in [1.54, 1.807) is 18.0 Å². The van der Waals surface area contributed by atoms with Gasteiger partial charge < -0.3 is 10.6 Å². The molecule has 3 nitrogen and oxygen atoms in total. The number of thiocarbonyl (C=S) groups is 1. The zero-order valence-electron chi connectivity index (χ0n) is 10.1. The first kappa shape index (κ1) is 14.2. The molecule has 0 aliphatic heterocycles. The summed E-state index contributed by atoms with van der Waals surface area (Å²) in [6.07, 6.45) is 0. The Morgan fingerprint density at radius 3 is 2.68 bits per heavy atom. The van der Waals surface area contributed by atoms with Crippen molar-refractivity contribution in [1.29, 1.82) is 0 Å². The smallest absolute Gasteiger partial charge is 0.258 e. The largest absolute Gasteiger partial charge is 0.389 e. The molecule has 2 N–H and O–H groups in total. The summed E-state index contributed by atoms with van der Waals surface area (Å²) in [7, 11) is 1.73. The minimum absolute atomic E-state index is 0.0676. The number of nitrogens with two attached hydrogens (primary N) is 1. The fourth-order valence-corrected chi connectivity index (χ4v) is 2.86. The molecule has 0 aliphatic carbocycles. The van der Waals surface area contributed by atoms with Gasteiger partial charge in [0.2, 0.25) is 0 Å². The number of rotatable bonds is 3. The third-order valence-electron chi connectivity index (χ3n) is 2.64. The van der Waals surface area contributed by atoms with E-state index in [9.17, 15) is 4.79 Å². The lowest BCUT2D eigenvalue weighted by Crippen LogP contribution is -2.26. The van der Waals surface area contributed by atoms with Gasteiger partial charge in [-0.3, -0.25) is 4.79 Å². The Kier molecular flexibility index (Phi) is 4.34. The molecule has 0 unspecified atom stereocenters. The molecule has 1 heterocycles. The van der Waals surface area contributed by atoms with Crippen LogP contribution < -0.4 is 10.6 Å². The predicted molar refractivity (Wildman–Crippen MR) is 87.1 cm³/mol. The first-order valence-corrected chi connectivity index (χ1v) is 7.49. The van der Waals surface area contributed by atoms with Crippen LogP contribution in [0.1, 0.15) is 15.9 Å². The van der Waals surface area contributed by atoms with E-state index in [4.69, 9.17) is 18.0 Å². The van der Waals surface area contributed by atoms with Gasteiger partial charge in [-0.1, -0.05) is 24.4 Å². The lowest BCUT2D eigenvalue weighted by molar-refractivity contribution is 0.0993. The van der Waals surface area contributed by atoms with E-state index in [-0.39, 0.29) is 5.91 Å². The molecule has 2 aromatic rings. The molecule has 98 valence electrons. The minimum atomic E-state index is -0.0676. The van der Waals surface area contributed by atoms with E-state index in [1.165, 1.54) is 11.3 Å². The van der Waals surface area contributed by atoms with Crippen LogP contribution >= 0.6 is 39.5 Å². The van der Waals surface area contributed by atoms with Gasteiger partial charge in [0.05, 0.1) is 9.35 Å². The molecule has 1 aromatic heterocycles. The lowest BCUT2D eigenvalue weighted by Gasteiger charge is -2.17. The zero-order chi connectivity index (χ0) is 14.0. The molecular weight excluding hydrogens is 344 g/mol. The Bertz CT molecular complexity index is 639. The monoisotopic (exact) mass is 354 g/mol. The van der Waals surface area contributed by atoms with E-state index in [0.717, 1.165) is 15.0 Å². The number of carbonyl (C=O) groups excluding carboxylic acids is 1. The van der Waals surface area contributed by atoms with Gasteiger partial charge in [-0.15, -0.1) is 11.3 Å². The maximum Gasteiger partial charge on any atom is 0.258 e. The summed E-state index contributed by atoms with van der Waals surface area (Å²) in [5.74, 6) is -0.0676. The maximum absolute atomic E-state index is 12.3. The van der Waals surface area contributed by atoms with Gasteiger partial charge in [-0.05, 0) is 34.1 Å². The first-order valence-electron chi connectivity index (χ1n) is 5.41. The molecule has 0 bridgehead atoms. The zero-order valence-corrected chi connectivity index (χ0v) is 13.3. The third kappa shape index (κ3) is 3.20. The van der Waals surface area contributed by atoms with Gasteiger partial charge in [0.1, 0.15) is 4.99 Å². The van der Waals surface area contributed by atoms with Gasteiger partial charge in [0.15, 0.2) is 0 Å². The van der Waals surface area contributed by atoms with Crippen LogP contribution in [0.4, 0.5) is 5.69 Å². The van der Waals surface area contributed by atoms with E-state index < -0.39 is 0 Å².